The van der Waals surface area contributed by atoms with Crippen LogP contribution in [0.5, 0.6) is 0 Å². The summed E-state index contributed by atoms with van der Waals surface area (Å²) in [6.07, 6.45) is 1.49. The first-order valence-corrected chi connectivity index (χ1v) is 3.18. The van der Waals surface area contributed by atoms with Crippen LogP contribution in [-0.4, -0.2) is 5.71 Å². The van der Waals surface area contributed by atoms with Gasteiger partial charge in [0.1, 0.15) is 0 Å². The van der Waals surface area contributed by atoms with E-state index in [9.17, 15) is 0 Å². The molecular weight excluding hydrogens is 124 g/mol. The van der Waals surface area contributed by atoms with Crippen LogP contribution in [-0.2, 0) is 0 Å². The minimum absolute atomic E-state index is 0.750. The zero-order chi connectivity index (χ0) is 8.15. The lowest BCUT2D eigenvalue weighted by Crippen LogP contribution is -2.08. The molecule has 0 heterocycles. The van der Waals surface area contributed by atoms with Gasteiger partial charge in [-0.05, 0) is 20.8 Å². The van der Waals surface area contributed by atoms with Crippen LogP contribution in [0.2, 0.25) is 0 Å². The second kappa shape index (κ2) is 3.88. The maximum Gasteiger partial charge on any atom is 0.0600 e. The smallest absolute Gasteiger partial charge is 0.0600 e. The molecule has 0 aromatic rings. The molecule has 0 aromatic carbocycles. The Labute approximate surface area is 62.1 Å². The molecule has 0 unspecified atom stereocenters. The molecule has 10 heavy (non-hydrogen) atoms. The van der Waals surface area contributed by atoms with Crippen molar-refractivity contribution in [1.29, 1.82) is 0 Å². The summed E-state index contributed by atoms with van der Waals surface area (Å²) in [5.41, 5.74) is 8.31. The SMILES string of the molecule is C=CN=C(C)C(N)=C(C)C. The van der Waals surface area contributed by atoms with Crippen LogP contribution in [0.3, 0.4) is 0 Å². The van der Waals surface area contributed by atoms with E-state index in [0.717, 1.165) is 17.0 Å². The first kappa shape index (κ1) is 8.95. The summed E-state index contributed by atoms with van der Waals surface area (Å²) in [4.78, 5) is 3.94. The highest BCUT2D eigenvalue weighted by atomic mass is 14.7. The number of hydrogen-bond acceptors (Lipinski definition) is 2. The summed E-state index contributed by atoms with van der Waals surface area (Å²) in [7, 11) is 0. The molecule has 0 saturated heterocycles. The van der Waals surface area contributed by atoms with Crippen molar-refractivity contribution >= 4 is 5.71 Å². The van der Waals surface area contributed by atoms with E-state index in [0.29, 0.717) is 0 Å². The van der Waals surface area contributed by atoms with E-state index in [4.69, 9.17) is 5.73 Å². The fourth-order valence-corrected chi connectivity index (χ4v) is 0.568. The van der Waals surface area contributed by atoms with Gasteiger partial charge in [-0.3, -0.25) is 4.99 Å². The quantitative estimate of drug-likeness (QED) is 0.581. The van der Waals surface area contributed by atoms with Crippen molar-refractivity contribution in [2.24, 2.45) is 10.7 Å². The van der Waals surface area contributed by atoms with E-state index in [-0.39, 0.29) is 0 Å². The van der Waals surface area contributed by atoms with E-state index in [2.05, 4.69) is 11.6 Å². The first-order chi connectivity index (χ1) is 4.59. The Morgan fingerprint density at radius 3 is 2.20 bits per heavy atom. The van der Waals surface area contributed by atoms with Crippen molar-refractivity contribution in [2.45, 2.75) is 20.8 Å². The van der Waals surface area contributed by atoms with Crippen LogP contribution in [0.1, 0.15) is 20.8 Å². The average molecular weight is 138 g/mol. The molecule has 0 saturated carbocycles. The maximum atomic E-state index is 5.65. The van der Waals surface area contributed by atoms with Crippen LogP contribution in [0.4, 0.5) is 0 Å². The molecule has 0 aliphatic heterocycles. The number of rotatable bonds is 2. The van der Waals surface area contributed by atoms with Crippen LogP contribution in [0.15, 0.2) is 29.0 Å². The molecular formula is C8H14N2. The Kier molecular flexibility index (Phi) is 3.47. The van der Waals surface area contributed by atoms with E-state index in [1.165, 1.54) is 6.20 Å². The molecule has 0 rings (SSSR count). The Bertz CT molecular complexity index is 183. The van der Waals surface area contributed by atoms with Gasteiger partial charge in [0.15, 0.2) is 0 Å². The molecule has 0 spiro atoms. The second-order valence-electron chi connectivity index (χ2n) is 2.31. The van der Waals surface area contributed by atoms with Gasteiger partial charge < -0.3 is 5.73 Å². The van der Waals surface area contributed by atoms with Gasteiger partial charge >= 0.3 is 0 Å². The third-order valence-electron chi connectivity index (χ3n) is 1.21. The fraction of sp³-hybridized carbons (Fsp3) is 0.375. The number of allylic oxidation sites excluding steroid dienone is 2. The topological polar surface area (TPSA) is 38.4 Å². The zero-order valence-corrected chi connectivity index (χ0v) is 6.81. The van der Waals surface area contributed by atoms with Crippen molar-refractivity contribution in [2.75, 3.05) is 0 Å². The first-order valence-electron chi connectivity index (χ1n) is 3.18. The highest BCUT2D eigenvalue weighted by molar-refractivity contribution is 5.98. The summed E-state index contributed by atoms with van der Waals surface area (Å²) in [6.45, 7) is 9.25. The van der Waals surface area contributed by atoms with Gasteiger partial charge in [0.2, 0.25) is 0 Å². The molecule has 56 valence electrons. The van der Waals surface area contributed by atoms with Crippen molar-refractivity contribution in [1.82, 2.24) is 0 Å². The molecule has 0 aliphatic rings. The lowest BCUT2D eigenvalue weighted by Gasteiger charge is -2.00. The summed E-state index contributed by atoms with van der Waals surface area (Å²) < 4.78 is 0. The molecule has 2 N–H and O–H groups in total. The van der Waals surface area contributed by atoms with Gasteiger partial charge in [-0.1, -0.05) is 12.2 Å². The number of nitrogens with zero attached hydrogens (tertiary/aromatic N) is 1. The van der Waals surface area contributed by atoms with Crippen LogP contribution in [0, 0.1) is 0 Å². The molecule has 2 heteroatoms. The molecule has 0 radical (unpaired) electrons. The van der Waals surface area contributed by atoms with Crippen molar-refractivity contribution in [3.8, 4) is 0 Å². The van der Waals surface area contributed by atoms with Gasteiger partial charge in [0, 0.05) is 6.20 Å². The van der Waals surface area contributed by atoms with Crippen molar-refractivity contribution < 1.29 is 0 Å². The van der Waals surface area contributed by atoms with Crippen molar-refractivity contribution in [3.63, 3.8) is 0 Å². The highest BCUT2D eigenvalue weighted by Gasteiger charge is 1.94. The number of aliphatic imine (C=N–C) groups is 1. The minimum atomic E-state index is 0.750. The van der Waals surface area contributed by atoms with Gasteiger partial charge in [0.25, 0.3) is 0 Å². The molecule has 0 aliphatic carbocycles. The van der Waals surface area contributed by atoms with Gasteiger partial charge in [0.05, 0.1) is 11.4 Å². The van der Waals surface area contributed by atoms with Crippen LogP contribution >= 0.6 is 0 Å². The van der Waals surface area contributed by atoms with Gasteiger partial charge in [-0.25, -0.2) is 0 Å². The summed E-state index contributed by atoms with van der Waals surface area (Å²) >= 11 is 0. The normalized spacial score (nSPS) is 10.9. The van der Waals surface area contributed by atoms with E-state index in [1.54, 1.807) is 0 Å². The fourth-order valence-electron chi connectivity index (χ4n) is 0.568. The second-order valence-corrected chi connectivity index (χ2v) is 2.31. The third-order valence-corrected chi connectivity index (χ3v) is 1.21. The lowest BCUT2D eigenvalue weighted by atomic mass is 10.2. The van der Waals surface area contributed by atoms with E-state index in [1.807, 2.05) is 20.8 Å². The predicted molar refractivity (Wildman–Crippen MR) is 45.9 cm³/mol. The average Bonchev–Trinajstić information content (AvgIpc) is 1.87. The molecule has 0 atom stereocenters. The van der Waals surface area contributed by atoms with E-state index >= 15 is 0 Å². The maximum absolute atomic E-state index is 5.65. The lowest BCUT2D eigenvalue weighted by molar-refractivity contribution is 1.27. The van der Waals surface area contributed by atoms with Gasteiger partial charge in [-0.2, -0.15) is 0 Å². The molecule has 0 amide bonds. The Morgan fingerprint density at radius 2 is 1.90 bits per heavy atom. The van der Waals surface area contributed by atoms with Gasteiger partial charge in [-0.15, -0.1) is 0 Å². The minimum Gasteiger partial charge on any atom is -0.397 e. The Morgan fingerprint density at radius 1 is 1.40 bits per heavy atom. The standard InChI is InChI=1S/C8H14N2/c1-5-10-7(4)8(9)6(2)3/h5H,1,9H2,2-4H3. The number of nitrogens with two attached hydrogens (primary N) is 1. The van der Waals surface area contributed by atoms with Crippen LogP contribution in [0.25, 0.3) is 0 Å². The van der Waals surface area contributed by atoms with E-state index < -0.39 is 0 Å². The zero-order valence-electron chi connectivity index (χ0n) is 6.81. The number of hydrogen-bond donors (Lipinski definition) is 1. The summed E-state index contributed by atoms with van der Waals surface area (Å²) in [6, 6.07) is 0. The largest absolute Gasteiger partial charge is 0.397 e. The summed E-state index contributed by atoms with van der Waals surface area (Å²) in [5.74, 6) is 0. The monoisotopic (exact) mass is 138 g/mol. The Balaban J connectivity index is 4.51. The summed E-state index contributed by atoms with van der Waals surface area (Å²) in [5, 5.41) is 0. The van der Waals surface area contributed by atoms with Crippen molar-refractivity contribution in [3.05, 3.63) is 24.0 Å². The van der Waals surface area contributed by atoms with Crippen LogP contribution < -0.4 is 5.73 Å². The molecule has 0 bridgehead atoms. The molecule has 0 aromatic heterocycles. The molecule has 0 fully saturated rings. The third kappa shape index (κ3) is 2.49. The Hall–Kier alpha value is -1.05. The molecule has 2 nitrogen and oxygen atoms in total. The predicted octanol–water partition coefficient (Wildman–Crippen LogP) is 1.84. The highest BCUT2D eigenvalue weighted by Crippen LogP contribution is 1.98.